The lowest BCUT2D eigenvalue weighted by molar-refractivity contribution is -0.917. The summed E-state index contributed by atoms with van der Waals surface area (Å²) >= 11 is 0. The van der Waals surface area contributed by atoms with Gasteiger partial charge < -0.3 is 24.0 Å². The van der Waals surface area contributed by atoms with E-state index < -0.39 is 0 Å². The van der Waals surface area contributed by atoms with Crippen molar-refractivity contribution in [3.8, 4) is 17.2 Å². The molecular weight excluding hydrogens is 346 g/mol. The van der Waals surface area contributed by atoms with E-state index in [1.54, 1.807) is 45.9 Å². The molecule has 1 amide bonds. The number of benzene rings is 1. The number of ether oxygens (including phenoxy) is 3. The minimum atomic E-state index is 0.0696. The molecule has 2 heterocycles. The summed E-state index contributed by atoms with van der Waals surface area (Å²) in [4.78, 5) is 19.8. The zero-order valence-corrected chi connectivity index (χ0v) is 16.0. The lowest BCUT2D eigenvalue weighted by atomic mass is 10.1. The molecule has 2 aromatic rings. The smallest absolute Gasteiger partial charge is 0.254 e. The van der Waals surface area contributed by atoms with Gasteiger partial charge in [-0.05, 0) is 24.3 Å². The molecule has 7 nitrogen and oxygen atoms in total. The highest BCUT2D eigenvalue weighted by Crippen LogP contribution is 2.39. The van der Waals surface area contributed by atoms with Crippen molar-refractivity contribution < 1.29 is 23.9 Å². The SMILES string of the molecule is COc1ccc(C[NH+]2CCN(C(=O)c3ccncc3)CC2)c(OC)c1OC. The van der Waals surface area contributed by atoms with Gasteiger partial charge in [0.1, 0.15) is 6.54 Å². The molecule has 0 radical (unpaired) electrons. The quantitative estimate of drug-likeness (QED) is 0.807. The summed E-state index contributed by atoms with van der Waals surface area (Å²) in [6.07, 6.45) is 3.30. The molecule has 144 valence electrons. The van der Waals surface area contributed by atoms with Crippen LogP contribution in [0.5, 0.6) is 17.2 Å². The molecule has 1 aromatic carbocycles. The highest BCUT2D eigenvalue weighted by atomic mass is 16.5. The molecule has 0 aliphatic carbocycles. The molecule has 1 aromatic heterocycles. The predicted octanol–water partition coefficient (Wildman–Crippen LogP) is 0.648. The van der Waals surface area contributed by atoms with Crippen LogP contribution in [0.4, 0.5) is 0 Å². The van der Waals surface area contributed by atoms with Gasteiger partial charge in [-0.2, -0.15) is 0 Å². The molecule has 3 rings (SSSR count). The van der Waals surface area contributed by atoms with Gasteiger partial charge in [-0.1, -0.05) is 0 Å². The standard InChI is InChI=1S/C20H25N3O4/c1-25-17-5-4-16(18(26-2)19(17)27-3)14-22-10-12-23(13-11-22)20(24)15-6-8-21-9-7-15/h4-9H,10-14H2,1-3H3/p+1. The van der Waals surface area contributed by atoms with E-state index in [-0.39, 0.29) is 5.91 Å². The van der Waals surface area contributed by atoms with Crippen molar-refractivity contribution >= 4 is 5.91 Å². The van der Waals surface area contributed by atoms with E-state index in [9.17, 15) is 4.79 Å². The number of hydrogen-bond acceptors (Lipinski definition) is 5. The van der Waals surface area contributed by atoms with Crippen molar-refractivity contribution in [3.63, 3.8) is 0 Å². The van der Waals surface area contributed by atoms with Crippen LogP contribution in [0.25, 0.3) is 0 Å². The molecule has 27 heavy (non-hydrogen) atoms. The molecule has 0 atom stereocenters. The number of quaternary nitrogens is 1. The van der Waals surface area contributed by atoms with Crippen LogP contribution in [0.15, 0.2) is 36.7 Å². The number of amides is 1. The van der Waals surface area contributed by atoms with Crippen LogP contribution in [-0.2, 0) is 6.54 Å². The Kier molecular flexibility index (Phi) is 6.13. The first-order valence-electron chi connectivity index (χ1n) is 8.98. The Balaban J connectivity index is 1.65. The fourth-order valence-corrected chi connectivity index (χ4v) is 3.45. The third kappa shape index (κ3) is 4.14. The van der Waals surface area contributed by atoms with Crippen LogP contribution in [0.3, 0.4) is 0 Å². The van der Waals surface area contributed by atoms with Crippen LogP contribution in [0.1, 0.15) is 15.9 Å². The maximum atomic E-state index is 12.6. The van der Waals surface area contributed by atoms with Crippen LogP contribution < -0.4 is 19.1 Å². The molecule has 1 aliphatic rings. The summed E-state index contributed by atoms with van der Waals surface area (Å²) in [5, 5.41) is 0. The molecule has 0 spiro atoms. The Morgan fingerprint density at radius 2 is 1.67 bits per heavy atom. The van der Waals surface area contributed by atoms with Crippen molar-refractivity contribution in [3.05, 3.63) is 47.8 Å². The van der Waals surface area contributed by atoms with Gasteiger partial charge in [0.25, 0.3) is 5.91 Å². The van der Waals surface area contributed by atoms with Gasteiger partial charge in [-0.25, -0.2) is 0 Å². The van der Waals surface area contributed by atoms with Gasteiger partial charge in [0, 0.05) is 18.0 Å². The molecular formula is C20H26N3O4+. The topological polar surface area (TPSA) is 65.3 Å². The number of aromatic nitrogens is 1. The van der Waals surface area contributed by atoms with Crippen molar-refractivity contribution in [1.29, 1.82) is 0 Å². The second-order valence-electron chi connectivity index (χ2n) is 6.45. The lowest BCUT2D eigenvalue weighted by Gasteiger charge is -2.32. The third-order valence-corrected chi connectivity index (χ3v) is 4.91. The average molecular weight is 372 g/mol. The highest BCUT2D eigenvalue weighted by molar-refractivity contribution is 5.94. The molecule has 1 saturated heterocycles. The molecule has 0 bridgehead atoms. The zero-order chi connectivity index (χ0) is 19.2. The van der Waals surface area contributed by atoms with E-state index in [1.807, 2.05) is 17.0 Å². The van der Waals surface area contributed by atoms with Gasteiger partial charge in [-0.15, -0.1) is 0 Å². The van der Waals surface area contributed by atoms with Crippen LogP contribution in [-0.4, -0.2) is 63.3 Å². The summed E-state index contributed by atoms with van der Waals surface area (Å²) < 4.78 is 16.4. The number of pyridine rings is 1. The minimum Gasteiger partial charge on any atom is -0.493 e. The zero-order valence-electron chi connectivity index (χ0n) is 16.0. The fourth-order valence-electron chi connectivity index (χ4n) is 3.45. The largest absolute Gasteiger partial charge is 0.493 e. The second-order valence-corrected chi connectivity index (χ2v) is 6.45. The van der Waals surface area contributed by atoms with E-state index in [4.69, 9.17) is 14.2 Å². The first-order valence-corrected chi connectivity index (χ1v) is 8.98. The first-order chi connectivity index (χ1) is 13.2. The van der Waals surface area contributed by atoms with Gasteiger partial charge in [0.05, 0.1) is 53.1 Å². The number of carbonyl (C=O) groups excluding carboxylic acids is 1. The summed E-state index contributed by atoms with van der Waals surface area (Å²) in [5.41, 5.74) is 1.76. The van der Waals surface area contributed by atoms with E-state index in [0.717, 1.165) is 38.3 Å². The van der Waals surface area contributed by atoms with Crippen LogP contribution in [0, 0.1) is 0 Å². The molecule has 1 aliphatic heterocycles. The van der Waals surface area contributed by atoms with E-state index >= 15 is 0 Å². The van der Waals surface area contributed by atoms with Gasteiger partial charge >= 0.3 is 0 Å². The van der Waals surface area contributed by atoms with Crippen LogP contribution >= 0.6 is 0 Å². The normalized spacial score (nSPS) is 14.7. The van der Waals surface area contributed by atoms with Gasteiger partial charge in [0.15, 0.2) is 11.5 Å². The Morgan fingerprint density at radius 3 is 2.26 bits per heavy atom. The van der Waals surface area contributed by atoms with Crippen molar-refractivity contribution in [2.45, 2.75) is 6.54 Å². The predicted molar refractivity (Wildman–Crippen MR) is 101 cm³/mol. The number of piperazine rings is 1. The molecule has 1 N–H and O–H groups in total. The number of carbonyl (C=O) groups is 1. The van der Waals surface area contributed by atoms with Gasteiger partial charge in [-0.3, -0.25) is 9.78 Å². The maximum Gasteiger partial charge on any atom is 0.254 e. The summed E-state index contributed by atoms with van der Waals surface area (Å²) in [5.74, 6) is 2.05. The molecule has 0 unspecified atom stereocenters. The van der Waals surface area contributed by atoms with Crippen molar-refractivity contribution in [1.82, 2.24) is 9.88 Å². The summed E-state index contributed by atoms with van der Waals surface area (Å²) in [7, 11) is 4.86. The number of nitrogens with one attached hydrogen (secondary N) is 1. The van der Waals surface area contributed by atoms with E-state index in [1.165, 1.54) is 4.90 Å². The number of methoxy groups -OCH3 is 3. The monoisotopic (exact) mass is 372 g/mol. The van der Waals surface area contributed by atoms with Gasteiger partial charge in [0.2, 0.25) is 5.75 Å². The molecule has 7 heteroatoms. The Morgan fingerprint density at radius 1 is 1.00 bits per heavy atom. The third-order valence-electron chi connectivity index (χ3n) is 4.91. The second kappa shape index (κ2) is 8.73. The Bertz CT molecular complexity index is 774. The Hall–Kier alpha value is -2.80. The minimum absolute atomic E-state index is 0.0696. The number of rotatable bonds is 6. The first kappa shape index (κ1) is 19.0. The highest BCUT2D eigenvalue weighted by Gasteiger charge is 2.26. The van der Waals surface area contributed by atoms with E-state index in [2.05, 4.69) is 4.98 Å². The maximum absolute atomic E-state index is 12.6. The molecule has 0 saturated carbocycles. The average Bonchev–Trinajstić information content (AvgIpc) is 2.73. The van der Waals surface area contributed by atoms with Crippen molar-refractivity contribution in [2.75, 3.05) is 47.5 Å². The summed E-state index contributed by atoms with van der Waals surface area (Å²) in [6.45, 7) is 4.03. The Labute approximate surface area is 159 Å². The molecule has 1 fully saturated rings. The number of hydrogen-bond donors (Lipinski definition) is 1. The summed E-state index contributed by atoms with van der Waals surface area (Å²) in [6, 6.07) is 7.44. The number of nitrogens with zero attached hydrogens (tertiary/aromatic N) is 2. The fraction of sp³-hybridized carbons (Fsp3) is 0.400. The van der Waals surface area contributed by atoms with Crippen molar-refractivity contribution in [2.24, 2.45) is 0 Å². The van der Waals surface area contributed by atoms with Crippen LogP contribution in [0.2, 0.25) is 0 Å². The van der Waals surface area contributed by atoms with E-state index in [0.29, 0.717) is 22.8 Å². The lowest BCUT2D eigenvalue weighted by Crippen LogP contribution is -3.13.